The van der Waals surface area contributed by atoms with Gasteiger partial charge in [-0.05, 0) is 48.9 Å². The van der Waals surface area contributed by atoms with Crippen LogP contribution in [0, 0.1) is 19.8 Å². The third-order valence-corrected chi connectivity index (χ3v) is 3.54. The van der Waals surface area contributed by atoms with E-state index in [2.05, 4.69) is 13.8 Å². The summed E-state index contributed by atoms with van der Waals surface area (Å²) < 4.78 is 0. The Balaban J connectivity index is 2.99. The molecule has 0 bridgehead atoms. The van der Waals surface area contributed by atoms with Crippen LogP contribution in [0.15, 0.2) is 12.1 Å². The van der Waals surface area contributed by atoms with Crippen molar-refractivity contribution < 1.29 is 5.11 Å². The Kier molecular flexibility index (Phi) is 4.82. The van der Waals surface area contributed by atoms with Gasteiger partial charge in [-0.15, -0.1) is 0 Å². The molecule has 0 saturated heterocycles. The molecule has 0 aliphatic rings. The minimum Gasteiger partial charge on any atom is -0.388 e. The summed E-state index contributed by atoms with van der Waals surface area (Å²) in [6, 6.07) is 3.95. The van der Waals surface area contributed by atoms with Crippen LogP contribution in [-0.2, 0) is 0 Å². The van der Waals surface area contributed by atoms with E-state index in [1.807, 2.05) is 26.0 Å². The van der Waals surface area contributed by atoms with Crippen molar-refractivity contribution in [1.82, 2.24) is 0 Å². The van der Waals surface area contributed by atoms with Gasteiger partial charge in [-0.25, -0.2) is 0 Å². The van der Waals surface area contributed by atoms with Gasteiger partial charge in [-0.1, -0.05) is 37.9 Å². The lowest BCUT2D eigenvalue weighted by molar-refractivity contribution is 0.112. The van der Waals surface area contributed by atoms with E-state index in [9.17, 15) is 5.11 Å². The van der Waals surface area contributed by atoms with E-state index in [1.54, 1.807) is 0 Å². The van der Waals surface area contributed by atoms with Crippen molar-refractivity contribution in [3.63, 3.8) is 0 Å². The normalized spacial score (nSPS) is 14.9. The number of aliphatic hydroxyl groups is 1. The molecule has 0 aromatic heterocycles. The molecule has 2 unspecified atom stereocenters. The van der Waals surface area contributed by atoms with Crippen molar-refractivity contribution in [2.24, 2.45) is 5.92 Å². The van der Waals surface area contributed by atoms with Crippen molar-refractivity contribution in [1.29, 1.82) is 0 Å². The van der Waals surface area contributed by atoms with Crippen molar-refractivity contribution in [3.05, 3.63) is 33.8 Å². The highest BCUT2D eigenvalue weighted by molar-refractivity contribution is 6.31. The van der Waals surface area contributed by atoms with Crippen LogP contribution < -0.4 is 0 Å². The molecular weight excluding hydrogens is 220 g/mol. The second-order valence-electron chi connectivity index (χ2n) is 4.67. The molecule has 0 fully saturated rings. The Labute approximate surface area is 103 Å². The first kappa shape index (κ1) is 13.5. The Morgan fingerprint density at radius 1 is 1.25 bits per heavy atom. The molecular formula is C14H21ClO. The average Bonchev–Trinajstić information content (AvgIpc) is 2.23. The molecule has 2 atom stereocenters. The predicted octanol–water partition coefficient (Wildman–Crippen LogP) is 4.43. The number of rotatable bonds is 4. The van der Waals surface area contributed by atoms with Gasteiger partial charge in [0, 0.05) is 5.02 Å². The number of hydrogen-bond donors (Lipinski definition) is 1. The highest BCUT2D eigenvalue weighted by atomic mass is 35.5. The zero-order chi connectivity index (χ0) is 12.3. The Hall–Kier alpha value is -0.530. The molecule has 1 aromatic carbocycles. The summed E-state index contributed by atoms with van der Waals surface area (Å²) in [5.74, 6) is 0.254. The second kappa shape index (κ2) is 5.70. The predicted molar refractivity (Wildman–Crippen MR) is 70.0 cm³/mol. The monoisotopic (exact) mass is 240 g/mol. The van der Waals surface area contributed by atoms with Gasteiger partial charge < -0.3 is 5.11 Å². The standard InChI is InChI=1S/C14H21ClO/c1-5-6-9(2)14(16)12-7-10(3)11(4)8-13(12)15/h7-9,14,16H,5-6H2,1-4H3. The van der Waals surface area contributed by atoms with Crippen LogP contribution in [0.1, 0.15) is 49.5 Å². The second-order valence-corrected chi connectivity index (χ2v) is 5.08. The maximum absolute atomic E-state index is 10.2. The van der Waals surface area contributed by atoms with Gasteiger partial charge in [0.05, 0.1) is 6.10 Å². The Morgan fingerprint density at radius 3 is 2.38 bits per heavy atom. The average molecular weight is 241 g/mol. The van der Waals surface area contributed by atoms with Crippen LogP contribution in [0.5, 0.6) is 0 Å². The van der Waals surface area contributed by atoms with Crippen molar-refractivity contribution >= 4 is 11.6 Å². The molecule has 0 heterocycles. The number of hydrogen-bond acceptors (Lipinski definition) is 1. The molecule has 0 radical (unpaired) electrons. The summed E-state index contributed by atoms with van der Waals surface area (Å²) in [7, 11) is 0. The van der Waals surface area contributed by atoms with Gasteiger partial charge in [0.25, 0.3) is 0 Å². The Bertz CT molecular complexity index is 360. The third kappa shape index (κ3) is 2.99. The summed E-state index contributed by atoms with van der Waals surface area (Å²) in [5, 5.41) is 10.9. The molecule has 1 rings (SSSR count). The van der Waals surface area contributed by atoms with Gasteiger partial charge in [0.1, 0.15) is 0 Å². The SMILES string of the molecule is CCCC(C)C(O)c1cc(C)c(C)cc1Cl. The van der Waals surface area contributed by atoms with Crippen LogP contribution in [0.3, 0.4) is 0 Å². The molecule has 1 aromatic rings. The minimum absolute atomic E-state index is 0.254. The summed E-state index contributed by atoms with van der Waals surface area (Å²) in [6.07, 6.45) is 1.65. The zero-order valence-electron chi connectivity index (χ0n) is 10.5. The summed E-state index contributed by atoms with van der Waals surface area (Å²) in [5.41, 5.74) is 3.22. The minimum atomic E-state index is -0.452. The quantitative estimate of drug-likeness (QED) is 0.826. The van der Waals surface area contributed by atoms with E-state index in [0.29, 0.717) is 5.02 Å². The highest BCUT2D eigenvalue weighted by Crippen LogP contribution is 2.32. The molecule has 0 spiro atoms. The summed E-state index contributed by atoms with van der Waals surface area (Å²) in [4.78, 5) is 0. The van der Waals surface area contributed by atoms with Crippen LogP contribution in [-0.4, -0.2) is 5.11 Å². The number of aryl methyl sites for hydroxylation is 2. The summed E-state index contributed by atoms with van der Waals surface area (Å²) >= 11 is 6.18. The lowest BCUT2D eigenvalue weighted by Crippen LogP contribution is -2.10. The number of aliphatic hydroxyl groups excluding tert-OH is 1. The van der Waals surface area contributed by atoms with Crippen molar-refractivity contribution in [3.8, 4) is 0 Å². The van der Waals surface area contributed by atoms with Gasteiger partial charge in [-0.2, -0.15) is 0 Å². The molecule has 0 aliphatic heterocycles. The fraction of sp³-hybridized carbons (Fsp3) is 0.571. The Morgan fingerprint density at radius 2 is 1.81 bits per heavy atom. The molecule has 1 N–H and O–H groups in total. The molecule has 0 aliphatic carbocycles. The molecule has 1 nitrogen and oxygen atoms in total. The van der Waals surface area contributed by atoms with Crippen LogP contribution in [0.25, 0.3) is 0 Å². The molecule has 16 heavy (non-hydrogen) atoms. The van der Waals surface area contributed by atoms with E-state index in [1.165, 1.54) is 11.1 Å². The van der Waals surface area contributed by atoms with Gasteiger partial charge >= 0.3 is 0 Å². The topological polar surface area (TPSA) is 20.2 Å². The fourth-order valence-corrected chi connectivity index (χ4v) is 2.28. The van der Waals surface area contributed by atoms with E-state index in [-0.39, 0.29) is 5.92 Å². The largest absolute Gasteiger partial charge is 0.388 e. The van der Waals surface area contributed by atoms with Gasteiger partial charge in [0.15, 0.2) is 0 Å². The first-order valence-electron chi connectivity index (χ1n) is 5.92. The fourth-order valence-electron chi connectivity index (χ4n) is 1.95. The lowest BCUT2D eigenvalue weighted by Gasteiger charge is -2.20. The third-order valence-electron chi connectivity index (χ3n) is 3.21. The highest BCUT2D eigenvalue weighted by Gasteiger charge is 2.18. The zero-order valence-corrected chi connectivity index (χ0v) is 11.3. The van der Waals surface area contributed by atoms with Crippen molar-refractivity contribution in [2.45, 2.75) is 46.6 Å². The first-order valence-corrected chi connectivity index (χ1v) is 6.29. The molecule has 0 saturated carbocycles. The molecule has 0 amide bonds. The van der Waals surface area contributed by atoms with Gasteiger partial charge in [-0.3, -0.25) is 0 Å². The first-order chi connectivity index (χ1) is 7.47. The smallest absolute Gasteiger partial charge is 0.0830 e. The maximum atomic E-state index is 10.2. The summed E-state index contributed by atoms with van der Waals surface area (Å²) in [6.45, 7) is 8.28. The lowest BCUT2D eigenvalue weighted by atomic mass is 9.92. The molecule has 90 valence electrons. The van der Waals surface area contributed by atoms with Crippen molar-refractivity contribution in [2.75, 3.05) is 0 Å². The van der Waals surface area contributed by atoms with E-state index >= 15 is 0 Å². The van der Waals surface area contributed by atoms with Crippen LogP contribution in [0.4, 0.5) is 0 Å². The van der Waals surface area contributed by atoms with Gasteiger partial charge in [0.2, 0.25) is 0 Å². The number of benzene rings is 1. The van der Waals surface area contributed by atoms with Crippen LogP contribution in [0.2, 0.25) is 5.02 Å². The maximum Gasteiger partial charge on any atom is 0.0830 e. The molecule has 2 heteroatoms. The van der Waals surface area contributed by atoms with E-state index in [0.717, 1.165) is 18.4 Å². The van der Waals surface area contributed by atoms with Crippen LogP contribution >= 0.6 is 11.6 Å². The van der Waals surface area contributed by atoms with E-state index in [4.69, 9.17) is 11.6 Å². The van der Waals surface area contributed by atoms with E-state index < -0.39 is 6.10 Å². The number of halogens is 1.